The highest BCUT2D eigenvalue weighted by Gasteiger charge is 2.31. The van der Waals surface area contributed by atoms with Crippen molar-refractivity contribution in [2.75, 3.05) is 55.1 Å². The standard InChI is InChI=1S/C28H30N6O2/c1-32-13-15-33(16-14-32)24-9-7-23(8-10-24)30-28-29-19-25(22-11-17-35-20-22)27(31-28)34-26(12-18-36-34)21-5-3-2-4-6-21/h2-11,17,19-20,26H,12-16,18H2,1H3,(H,29,30,31). The molecule has 4 heterocycles. The molecule has 0 saturated carbocycles. The van der Waals surface area contributed by atoms with E-state index in [4.69, 9.17) is 14.2 Å². The molecule has 184 valence electrons. The molecule has 2 aromatic heterocycles. The zero-order chi connectivity index (χ0) is 24.3. The predicted molar refractivity (Wildman–Crippen MR) is 141 cm³/mol. The van der Waals surface area contributed by atoms with Gasteiger partial charge in [-0.1, -0.05) is 30.3 Å². The normalized spacial score (nSPS) is 18.5. The van der Waals surface area contributed by atoms with Crippen molar-refractivity contribution in [2.45, 2.75) is 12.5 Å². The van der Waals surface area contributed by atoms with Gasteiger partial charge in [0.25, 0.3) is 0 Å². The van der Waals surface area contributed by atoms with E-state index in [1.807, 2.05) is 23.4 Å². The van der Waals surface area contributed by atoms with Gasteiger partial charge >= 0.3 is 0 Å². The maximum absolute atomic E-state index is 6.12. The summed E-state index contributed by atoms with van der Waals surface area (Å²) in [6.07, 6.45) is 6.08. The van der Waals surface area contributed by atoms with Crippen LogP contribution >= 0.6 is 0 Å². The second-order valence-electron chi connectivity index (χ2n) is 9.28. The minimum absolute atomic E-state index is 0.0717. The zero-order valence-electron chi connectivity index (χ0n) is 20.4. The molecule has 4 aromatic rings. The molecule has 0 bridgehead atoms. The van der Waals surface area contributed by atoms with Gasteiger partial charge in [-0.3, -0.25) is 4.84 Å². The molecular formula is C28H30N6O2. The fraction of sp³-hybridized carbons (Fsp3) is 0.286. The Bertz CT molecular complexity index is 1270. The minimum atomic E-state index is 0.0717. The number of hydrogen-bond donors (Lipinski definition) is 1. The SMILES string of the molecule is CN1CCN(c2ccc(Nc3ncc(-c4ccoc4)c(N4OCCC4c4ccccc4)n3)cc2)CC1. The van der Waals surface area contributed by atoms with Gasteiger partial charge in [0.05, 0.1) is 25.2 Å². The Morgan fingerprint density at radius 1 is 0.944 bits per heavy atom. The smallest absolute Gasteiger partial charge is 0.229 e. The summed E-state index contributed by atoms with van der Waals surface area (Å²) in [4.78, 5) is 20.4. The molecule has 1 unspecified atom stereocenters. The molecule has 2 saturated heterocycles. The molecular weight excluding hydrogens is 452 g/mol. The lowest BCUT2D eigenvalue weighted by Gasteiger charge is -2.34. The van der Waals surface area contributed by atoms with E-state index in [9.17, 15) is 0 Å². The molecule has 6 rings (SSSR count). The summed E-state index contributed by atoms with van der Waals surface area (Å²) in [6.45, 7) is 4.89. The second-order valence-corrected chi connectivity index (χ2v) is 9.28. The van der Waals surface area contributed by atoms with E-state index in [1.165, 1.54) is 11.3 Å². The first-order valence-electron chi connectivity index (χ1n) is 12.4. The van der Waals surface area contributed by atoms with Gasteiger partial charge in [0.1, 0.15) is 0 Å². The summed E-state index contributed by atoms with van der Waals surface area (Å²) >= 11 is 0. The average molecular weight is 483 g/mol. The topological polar surface area (TPSA) is 69.9 Å². The van der Waals surface area contributed by atoms with Crippen LogP contribution in [-0.2, 0) is 4.84 Å². The fourth-order valence-electron chi connectivity index (χ4n) is 4.83. The number of furan rings is 1. The van der Waals surface area contributed by atoms with Crippen LogP contribution in [0, 0.1) is 0 Å². The first-order valence-corrected chi connectivity index (χ1v) is 12.4. The van der Waals surface area contributed by atoms with Gasteiger partial charge < -0.3 is 19.5 Å². The number of benzene rings is 2. The maximum atomic E-state index is 6.12. The van der Waals surface area contributed by atoms with Crippen molar-refractivity contribution < 1.29 is 9.25 Å². The molecule has 1 atom stereocenters. The summed E-state index contributed by atoms with van der Waals surface area (Å²) in [6, 6.07) is 20.9. The first kappa shape index (κ1) is 22.6. The van der Waals surface area contributed by atoms with Crippen molar-refractivity contribution in [3.8, 4) is 11.1 Å². The van der Waals surface area contributed by atoms with Crippen molar-refractivity contribution in [2.24, 2.45) is 0 Å². The fourth-order valence-corrected chi connectivity index (χ4v) is 4.83. The molecule has 2 aliphatic rings. The Kier molecular flexibility index (Phi) is 6.27. The predicted octanol–water partition coefficient (Wildman–Crippen LogP) is 5.12. The van der Waals surface area contributed by atoms with Crippen LogP contribution in [0.25, 0.3) is 11.1 Å². The highest BCUT2D eigenvalue weighted by molar-refractivity contribution is 5.76. The van der Waals surface area contributed by atoms with Crippen LogP contribution in [0.5, 0.6) is 0 Å². The van der Waals surface area contributed by atoms with Gasteiger partial charge in [-0.05, 0) is 42.9 Å². The van der Waals surface area contributed by atoms with Gasteiger partial charge in [0.15, 0.2) is 5.82 Å². The summed E-state index contributed by atoms with van der Waals surface area (Å²) in [5.41, 5.74) is 5.15. The monoisotopic (exact) mass is 482 g/mol. The van der Waals surface area contributed by atoms with Crippen LogP contribution in [0.2, 0.25) is 0 Å². The quantitative estimate of drug-likeness (QED) is 0.406. The lowest BCUT2D eigenvalue weighted by molar-refractivity contribution is 0.157. The first-order chi connectivity index (χ1) is 17.7. The molecule has 0 spiro atoms. The third kappa shape index (κ3) is 4.65. The highest BCUT2D eigenvalue weighted by Crippen LogP contribution is 2.39. The molecule has 2 fully saturated rings. The number of rotatable bonds is 6. The van der Waals surface area contributed by atoms with Crippen LogP contribution < -0.4 is 15.3 Å². The van der Waals surface area contributed by atoms with Gasteiger partial charge in [-0.25, -0.2) is 10.0 Å². The molecule has 1 N–H and O–H groups in total. The summed E-state index contributed by atoms with van der Waals surface area (Å²) in [5.74, 6) is 1.24. The number of nitrogens with zero attached hydrogens (tertiary/aromatic N) is 5. The Labute approximate surface area is 211 Å². The van der Waals surface area contributed by atoms with Crippen molar-refractivity contribution in [1.29, 1.82) is 0 Å². The second kappa shape index (κ2) is 10.0. The number of nitrogens with one attached hydrogen (secondary N) is 1. The van der Waals surface area contributed by atoms with Crippen LogP contribution in [0.4, 0.5) is 23.1 Å². The molecule has 2 aromatic carbocycles. The van der Waals surface area contributed by atoms with Gasteiger partial charge in [-0.15, -0.1) is 0 Å². The zero-order valence-corrected chi connectivity index (χ0v) is 20.4. The third-order valence-corrected chi connectivity index (χ3v) is 6.89. The number of hydrogen-bond acceptors (Lipinski definition) is 8. The Hall–Kier alpha value is -3.88. The number of likely N-dealkylation sites (N-methyl/N-ethyl adjacent to an activating group) is 1. The lowest BCUT2D eigenvalue weighted by atomic mass is 10.0. The van der Waals surface area contributed by atoms with Gasteiger partial charge in [-0.2, -0.15) is 4.98 Å². The van der Waals surface area contributed by atoms with E-state index in [-0.39, 0.29) is 6.04 Å². The van der Waals surface area contributed by atoms with Crippen LogP contribution in [0.15, 0.2) is 83.8 Å². The minimum Gasteiger partial charge on any atom is -0.472 e. The average Bonchev–Trinajstić information content (AvgIpc) is 3.63. The molecule has 0 radical (unpaired) electrons. The number of anilines is 4. The summed E-state index contributed by atoms with van der Waals surface area (Å²) in [7, 11) is 2.17. The largest absolute Gasteiger partial charge is 0.472 e. The molecule has 2 aliphatic heterocycles. The van der Waals surface area contributed by atoms with E-state index in [0.29, 0.717) is 18.4 Å². The molecule has 8 nitrogen and oxygen atoms in total. The van der Waals surface area contributed by atoms with E-state index in [0.717, 1.165) is 49.4 Å². The number of hydroxylamine groups is 1. The van der Waals surface area contributed by atoms with Crippen molar-refractivity contribution in [3.63, 3.8) is 0 Å². The number of aromatic nitrogens is 2. The van der Waals surface area contributed by atoms with E-state index >= 15 is 0 Å². The molecule has 0 amide bonds. The molecule has 8 heteroatoms. The van der Waals surface area contributed by atoms with E-state index in [2.05, 4.69) is 75.7 Å². The van der Waals surface area contributed by atoms with Crippen molar-refractivity contribution in [3.05, 3.63) is 85.0 Å². The number of piperazine rings is 1. The summed E-state index contributed by atoms with van der Waals surface area (Å²) < 4.78 is 5.35. The maximum Gasteiger partial charge on any atom is 0.229 e. The third-order valence-electron chi connectivity index (χ3n) is 6.89. The van der Waals surface area contributed by atoms with Crippen molar-refractivity contribution >= 4 is 23.1 Å². The lowest BCUT2D eigenvalue weighted by Crippen LogP contribution is -2.44. The van der Waals surface area contributed by atoms with Crippen LogP contribution in [0.3, 0.4) is 0 Å². The highest BCUT2D eigenvalue weighted by atomic mass is 16.7. The van der Waals surface area contributed by atoms with E-state index < -0.39 is 0 Å². The van der Waals surface area contributed by atoms with Gasteiger partial charge in [0.2, 0.25) is 5.95 Å². The van der Waals surface area contributed by atoms with Crippen LogP contribution in [-0.4, -0.2) is 54.7 Å². The molecule has 0 aliphatic carbocycles. The van der Waals surface area contributed by atoms with Crippen LogP contribution in [0.1, 0.15) is 18.0 Å². The summed E-state index contributed by atoms with van der Waals surface area (Å²) in [5, 5.41) is 5.30. The van der Waals surface area contributed by atoms with Gasteiger partial charge in [0, 0.05) is 61.3 Å². The molecule has 36 heavy (non-hydrogen) atoms. The Morgan fingerprint density at radius 2 is 1.75 bits per heavy atom. The van der Waals surface area contributed by atoms with Crippen molar-refractivity contribution in [1.82, 2.24) is 14.9 Å². The Morgan fingerprint density at radius 3 is 2.50 bits per heavy atom. The van der Waals surface area contributed by atoms with E-state index in [1.54, 1.807) is 12.5 Å². The Balaban J connectivity index is 1.27.